The quantitative estimate of drug-likeness (QED) is 0.213. The molecule has 1 fully saturated rings. The van der Waals surface area contributed by atoms with Gasteiger partial charge in [0.15, 0.2) is 0 Å². The minimum absolute atomic E-state index is 0.0208. The number of hydrogen-bond donors (Lipinski definition) is 2. The van der Waals surface area contributed by atoms with E-state index in [0.29, 0.717) is 13.2 Å². The zero-order valence-corrected chi connectivity index (χ0v) is 25.8. The van der Waals surface area contributed by atoms with Crippen LogP contribution in [0, 0.1) is 0 Å². The Balaban J connectivity index is 1.33. The SMILES string of the molecule is C=C(NOCC)c1ccc2c(c1)c1c3c(c4c(c1n2CCCCN1CCN(CC)CC1)CCc1nn(C)cc1-4)C(=O)NC3. The molecule has 43 heavy (non-hydrogen) atoms. The fourth-order valence-corrected chi connectivity index (χ4v) is 7.49. The first-order chi connectivity index (χ1) is 21.0. The minimum atomic E-state index is 0.0208. The molecule has 2 aromatic heterocycles. The summed E-state index contributed by atoms with van der Waals surface area (Å²) in [7, 11) is 1.97. The molecule has 1 aliphatic carbocycles. The molecule has 0 saturated carbocycles. The maximum absolute atomic E-state index is 13.4. The fraction of sp³-hybridized carbons (Fsp3) is 0.471. The Morgan fingerprint density at radius 1 is 1.05 bits per heavy atom. The first-order valence-electron chi connectivity index (χ1n) is 15.9. The van der Waals surface area contributed by atoms with E-state index in [9.17, 15) is 4.79 Å². The summed E-state index contributed by atoms with van der Waals surface area (Å²) in [4.78, 5) is 24.1. The number of unbranched alkanes of at least 4 members (excludes halogenated alkanes) is 1. The molecule has 2 aromatic carbocycles. The largest absolute Gasteiger partial charge is 0.348 e. The highest BCUT2D eigenvalue weighted by atomic mass is 16.6. The number of amides is 1. The fourth-order valence-electron chi connectivity index (χ4n) is 7.49. The van der Waals surface area contributed by atoms with Gasteiger partial charge in [0.25, 0.3) is 5.91 Å². The number of aryl methyl sites for hydroxylation is 4. The lowest BCUT2D eigenvalue weighted by atomic mass is 9.82. The van der Waals surface area contributed by atoms with Crippen LogP contribution in [-0.2, 0) is 37.8 Å². The Labute approximate surface area is 253 Å². The Bertz CT molecular complexity index is 1720. The third kappa shape index (κ3) is 4.83. The third-order valence-corrected chi connectivity index (χ3v) is 9.65. The van der Waals surface area contributed by atoms with Gasteiger partial charge < -0.3 is 19.7 Å². The zero-order chi connectivity index (χ0) is 29.7. The number of benzene rings is 2. The molecule has 0 unspecified atom stereocenters. The van der Waals surface area contributed by atoms with Gasteiger partial charge in [-0.15, -0.1) is 0 Å². The van der Waals surface area contributed by atoms with E-state index in [1.165, 1.54) is 60.0 Å². The van der Waals surface area contributed by atoms with Crippen LogP contribution in [0.25, 0.3) is 38.6 Å². The van der Waals surface area contributed by atoms with E-state index >= 15 is 0 Å². The van der Waals surface area contributed by atoms with E-state index < -0.39 is 0 Å². The highest BCUT2D eigenvalue weighted by Crippen LogP contribution is 2.47. The van der Waals surface area contributed by atoms with Gasteiger partial charge in [-0.05, 0) is 69.0 Å². The van der Waals surface area contributed by atoms with Crippen LogP contribution in [0.1, 0.15) is 59.4 Å². The Morgan fingerprint density at radius 2 is 1.84 bits per heavy atom. The lowest BCUT2D eigenvalue weighted by molar-refractivity contribution is 0.0901. The topological polar surface area (TPSA) is 79.6 Å². The van der Waals surface area contributed by atoms with Gasteiger partial charge in [0.1, 0.15) is 0 Å². The standard InChI is InChI=1S/C34H43N7O2/c1-5-39-15-17-40(18-16-39)13-7-8-14-41-29-12-9-23(22(3)37-43-6-2)19-25(29)31-26-20-35-34(42)32(26)30-24(33(31)41)10-11-28-27(30)21-38(4)36-28/h9,12,19,21,37H,3,5-8,10-11,13-18,20H2,1-2,4H3,(H,35,42). The number of hydrogen-bond acceptors (Lipinski definition) is 6. The van der Waals surface area contributed by atoms with Crippen molar-refractivity contribution in [2.24, 2.45) is 7.05 Å². The molecule has 0 radical (unpaired) electrons. The van der Waals surface area contributed by atoms with Crippen molar-refractivity contribution in [3.63, 3.8) is 0 Å². The van der Waals surface area contributed by atoms with Crippen molar-refractivity contribution >= 4 is 33.4 Å². The number of carbonyl (C=O) groups is 1. The van der Waals surface area contributed by atoms with Crippen molar-refractivity contribution in [1.29, 1.82) is 0 Å². The number of rotatable bonds is 10. The van der Waals surface area contributed by atoms with Crippen LogP contribution in [0.2, 0.25) is 0 Å². The zero-order valence-electron chi connectivity index (χ0n) is 25.8. The van der Waals surface area contributed by atoms with Gasteiger partial charge in [0.05, 0.1) is 29.1 Å². The van der Waals surface area contributed by atoms with Crippen molar-refractivity contribution in [3.05, 3.63) is 58.9 Å². The summed E-state index contributed by atoms with van der Waals surface area (Å²) >= 11 is 0. The Kier molecular flexibility index (Phi) is 7.49. The number of carbonyl (C=O) groups excluding carboxylic acids is 1. The Morgan fingerprint density at radius 3 is 2.63 bits per heavy atom. The molecule has 0 spiro atoms. The van der Waals surface area contributed by atoms with Crippen LogP contribution in [0.3, 0.4) is 0 Å². The summed E-state index contributed by atoms with van der Waals surface area (Å²) in [6.45, 7) is 17.4. The number of likely N-dealkylation sites (N-methyl/N-ethyl adjacent to an activating group) is 1. The van der Waals surface area contributed by atoms with Crippen molar-refractivity contribution in [3.8, 4) is 11.1 Å². The van der Waals surface area contributed by atoms with Crippen LogP contribution in [0.4, 0.5) is 0 Å². The lowest BCUT2D eigenvalue weighted by Crippen LogP contribution is -2.46. The molecule has 2 aliphatic heterocycles. The molecule has 9 heteroatoms. The first-order valence-corrected chi connectivity index (χ1v) is 15.9. The van der Waals surface area contributed by atoms with Gasteiger partial charge in [0.2, 0.25) is 0 Å². The van der Waals surface area contributed by atoms with E-state index in [1.54, 1.807) is 0 Å². The van der Waals surface area contributed by atoms with Crippen LogP contribution in [0.5, 0.6) is 0 Å². The van der Waals surface area contributed by atoms with Crippen LogP contribution in [0.15, 0.2) is 31.0 Å². The van der Waals surface area contributed by atoms with Gasteiger partial charge in [-0.3, -0.25) is 19.8 Å². The second-order valence-corrected chi connectivity index (χ2v) is 12.2. The van der Waals surface area contributed by atoms with Crippen LogP contribution in [-0.4, -0.2) is 75.9 Å². The number of nitrogens with zero attached hydrogens (tertiary/aromatic N) is 5. The van der Waals surface area contributed by atoms with E-state index in [1.807, 2.05) is 18.7 Å². The molecule has 0 bridgehead atoms. The molecule has 2 N–H and O–H groups in total. The number of nitrogens with one attached hydrogen (secondary N) is 2. The maximum Gasteiger partial charge on any atom is 0.252 e. The Hall–Kier alpha value is -3.66. The third-order valence-electron chi connectivity index (χ3n) is 9.65. The first kappa shape index (κ1) is 28.1. The highest BCUT2D eigenvalue weighted by molar-refractivity contribution is 6.19. The molecule has 0 atom stereocenters. The summed E-state index contributed by atoms with van der Waals surface area (Å²) in [5.41, 5.74) is 13.7. The molecule has 3 aliphatic rings. The number of aromatic nitrogens is 3. The van der Waals surface area contributed by atoms with Crippen LogP contribution >= 0.6 is 0 Å². The van der Waals surface area contributed by atoms with Gasteiger partial charge in [-0.2, -0.15) is 5.10 Å². The van der Waals surface area contributed by atoms with Gasteiger partial charge in [0, 0.05) is 85.5 Å². The summed E-state index contributed by atoms with van der Waals surface area (Å²) in [5.74, 6) is 0.0208. The van der Waals surface area contributed by atoms with Crippen molar-refractivity contribution in [2.45, 2.75) is 52.6 Å². The van der Waals surface area contributed by atoms with E-state index in [0.717, 1.165) is 78.1 Å². The second kappa shape index (κ2) is 11.4. The summed E-state index contributed by atoms with van der Waals surface area (Å²) in [6.07, 6.45) is 6.12. The van der Waals surface area contributed by atoms with E-state index in [2.05, 4.69) is 63.1 Å². The number of hydroxylamine groups is 1. The molecular formula is C34H43N7O2. The molecule has 4 heterocycles. The summed E-state index contributed by atoms with van der Waals surface area (Å²) in [6, 6.07) is 6.59. The lowest BCUT2D eigenvalue weighted by Gasteiger charge is -2.34. The molecule has 9 nitrogen and oxygen atoms in total. The van der Waals surface area contributed by atoms with Gasteiger partial charge in [-0.1, -0.05) is 19.6 Å². The predicted octanol–water partition coefficient (Wildman–Crippen LogP) is 4.47. The maximum atomic E-state index is 13.4. The summed E-state index contributed by atoms with van der Waals surface area (Å²) in [5, 5.41) is 10.3. The smallest absolute Gasteiger partial charge is 0.252 e. The molecule has 1 saturated heterocycles. The van der Waals surface area contributed by atoms with Gasteiger partial charge >= 0.3 is 0 Å². The molecule has 7 rings (SSSR count). The normalized spacial score (nSPS) is 16.9. The number of fused-ring (bicyclic) bond motifs is 10. The highest BCUT2D eigenvalue weighted by Gasteiger charge is 2.35. The van der Waals surface area contributed by atoms with E-state index in [-0.39, 0.29) is 5.91 Å². The van der Waals surface area contributed by atoms with Gasteiger partial charge in [-0.25, -0.2) is 0 Å². The molecule has 226 valence electrons. The van der Waals surface area contributed by atoms with E-state index in [4.69, 9.17) is 9.94 Å². The second-order valence-electron chi connectivity index (χ2n) is 12.2. The molecular weight excluding hydrogens is 538 g/mol. The van der Waals surface area contributed by atoms with Crippen molar-refractivity contribution in [1.82, 2.24) is 34.9 Å². The number of piperazine rings is 1. The van der Waals surface area contributed by atoms with Crippen molar-refractivity contribution < 1.29 is 9.63 Å². The molecule has 4 aromatic rings. The summed E-state index contributed by atoms with van der Waals surface area (Å²) < 4.78 is 4.44. The average molecular weight is 582 g/mol. The predicted molar refractivity (Wildman–Crippen MR) is 172 cm³/mol. The monoisotopic (exact) mass is 581 g/mol. The van der Waals surface area contributed by atoms with Crippen molar-refractivity contribution in [2.75, 3.05) is 45.9 Å². The molecule has 1 amide bonds. The minimum Gasteiger partial charge on any atom is -0.348 e. The average Bonchev–Trinajstić information content (AvgIpc) is 3.70. The van der Waals surface area contributed by atoms with Crippen LogP contribution < -0.4 is 10.8 Å².